The van der Waals surface area contributed by atoms with E-state index in [-0.39, 0.29) is 109 Å². The summed E-state index contributed by atoms with van der Waals surface area (Å²) < 4.78 is 53.6. The molecule has 0 aromatic carbocycles. The Labute approximate surface area is 295 Å². The first kappa shape index (κ1) is 34.5. The number of hydrogen-bond donors (Lipinski definition) is 2. The molecule has 19 unspecified atom stereocenters. The third-order valence-electron chi connectivity index (χ3n) is 13.9. The van der Waals surface area contributed by atoms with E-state index in [9.17, 15) is 15.0 Å². The van der Waals surface area contributed by atoms with Crippen LogP contribution in [-0.2, 0) is 42.7 Å². The van der Waals surface area contributed by atoms with Gasteiger partial charge in [-0.3, -0.25) is 4.79 Å². The summed E-state index contributed by atoms with van der Waals surface area (Å²) in [5.74, 6) is -0.655. The molecule has 19 atom stereocenters. The first-order valence-corrected chi connectivity index (χ1v) is 19.5. The second-order valence-electron chi connectivity index (χ2n) is 17.1. The summed E-state index contributed by atoms with van der Waals surface area (Å²) in [4.78, 5) is 13.9. The zero-order chi connectivity index (χ0) is 34.5. The predicted molar refractivity (Wildman–Crippen MR) is 178 cm³/mol. The molecule has 12 bridgehead atoms. The van der Waals surface area contributed by atoms with Gasteiger partial charge in [0.25, 0.3) is 0 Å². The van der Waals surface area contributed by atoms with Crippen molar-refractivity contribution in [3.05, 3.63) is 24.3 Å². The van der Waals surface area contributed by atoms with Gasteiger partial charge in [0.2, 0.25) is 0 Å². The maximum atomic E-state index is 13.9. The summed E-state index contributed by atoms with van der Waals surface area (Å²) in [5.41, 5.74) is 2.18. The van der Waals surface area contributed by atoms with E-state index in [0.717, 1.165) is 56.1 Å². The van der Waals surface area contributed by atoms with Crippen LogP contribution in [0.1, 0.15) is 90.9 Å². The van der Waals surface area contributed by atoms with Crippen molar-refractivity contribution in [1.82, 2.24) is 0 Å². The Hall–Kier alpha value is -1.25. The van der Waals surface area contributed by atoms with Crippen molar-refractivity contribution in [1.29, 1.82) is 0 Å². The third kappa shape index (κ3) is 6.00. The van der Waals surface area contributed by atoms with E-state index in [1.807, 2.05) is 6.92 Å². The SMILES string of the molecule is C=C1CC2CCC34CC5OC6C(OC7CCC(CC(=O)CC8C(CC9OC(CCC1O2)CC(C)C9=C)OC(C(O)CO)C8C)OC7C6O3)C5O4. The van der Waals surface area contributed by atoms with Crippen LogP contribution >= 0.6 is 0 Å². The molecule has 11 nitrogen and oxygen atoms in total. The Morgan fingerprint density at radius 3 is 2.32 bits per heavy atom. The molecule has 50 heavy (non-hydrogen) atoms. The van der Waals surface area contributed by atoms with Crippen LogP contribution in [0, 0.1) is 17.8 Å². The normalized spacial score (nSPS) is 54.0. The summed E-state index contributed by atoms with van der Waals surface area (Å²) in [6.45, 7) is 12.7. The lowest BCUT2D eigenvalue weighted by atomic mass is 9.78. The lowest BCUT2D eigenvalue weighted by Gasteiger charge is -2.47. The number of carbonyl (C=O) groups is 1. The van der Waals surface area contributed by atoms with Crippen LogP contribution < -0.4 is 0 Å². The fourth-order valence-electron chi connectivity index (χ4n) is 11.1. The maximum absolute atomic E-state index is 13.9. The van der Waals surface area contributed by atoms with Gasteiger partial charge in [-0.05, 0) is 73.8 Å². The average Bonchev–Trinajstić information content (AvgIpc) is 3.76. The van der Waals surface area contributed by atoms with E-state index >= 15 is 0 Å². The van der Waals surface area contributed by atoms with Gasteiger partial charge < -0.3 is 48.1 Å². The molecule has 0 aromatic heterocycles. The molecule has 2 N–H and O–H groups in total. The predicted octanol–water partition coefficient (Wildman–Crippen LogP) is 3.70. The minimum absolute atomic E-state index is 0.0163. The van der Waals surface area contributed by atoms with Crippen molar-refractivity contribution in [2.24, 2.45) is 17.8 Å². The van der Waals surface area contributed by atoms with Crippen LogP contribution in [0.2, 0.25) is 0 Å². The molecule has 10 rings (SSSR count). The first-order valence-electron chi connectivity index (χ1n) is 19.5. The van der Waals surface area contributed by atoms with Crippen molar-refractivity contribution in [2.75, 3.05) is 6.61 Å². The molecule has 1 spiro atoms. The van der Waals surface area contributed by atoms with Crippen LogP contribution in [0.15, 0.2) is 24.3 Å². The summed E-state index contributed by atoms with van der Waals surface area (Å²) in [7, 11) is 0. The zero-order valence-corrected chi connectivity index (χ0v) is 29.6. The second-order valence-corrected chi connectivity index (χ2v) is 17.1. The zero-order valence-electron chi connectivity index (χ0n) is 29.6. The lowest BCUT2D eigenvalue weighted by molar-refractivity contribution is -0.292. The van der Waals surface area contributed by atoms with Crippen LogP contribution in [0.4, 0.5) is 0 Å². The Balaban J connectivity index is 0.992. The Morgan fingerprint density at radius 2 is 1.48 bits per heavy atom. The highest BCUT2D eigenvalue weighted by Gasteiger charge is 2.68. The number of ketones is 1. The van der Waals surface area contributed by atoms with E-state index in [1.54, 1.807) is 0 Å². The lowest BCUT2D eigenvalue weighted by Crippen LogP contribution is -2.61. The standard InChI is InChI=1S/C39H56O11/c1-18-11-23-5-7-28-19(2)12-25(43-28)9-10-39-16-32-35(49-39)36-37(48-32)38(50-39)34-29(46-36)8-6-24(45-34)13-22(41)14-26-21(4)33(27(42)17-40)47-31(26)15-30(44-23)20(18)3/h18,21,23-38,40,42H,2-3,5-17H2,1,4H3. The van der Waals surface area contributed by atoms with Gasteiger partial charge in [-0.2, -0.15) is 0 Å². The number of hydrogen-bond acceptors (Lipinski definition) is 11. The Bertz CT molecular complexity index is 1340. The van der Waals surface area contributed by atoms with Gasteiger partial charge in [-0.15, -0.1) is 0 Å². The fourth-order valence-corrected chi connectivity index (χ4v) is 11.1. The molecule has 0 aromatic rings. The topological polar surface area (TPSA) is 131 Å². The van der Waals surface area contributed by atoms with Crippen LogP contribution in [-0.4, -0.2) is 120 Å². The molecule has 11 heteroatoms. The molecule has 0 amide bonds. The van der Waals surface area contributed by atoms with Crippen LogP contribution in [0.5, 0.6) is 0 Å². The van der Waals surface area contributed by atoms with Crippen molar-refractivity contribution in [3.63, 3.8) is 0 Å². The minimum Gasteiger partial charge on any atom is -0.394 e. The van der Waals surface area contributed by atoms with Crippen molar-refractivity contribution >= 4 is 5.78 Å². The Morgan fingerprint density at radius 1 is 0.740 bits per heavy atom. The molecule has 10 aliphatic rings. The molecule has 10 fully saturated rings. The van der Waals surface area contributed by atoms with Crippen molar-refractivity contribution in [3.8, 4) is 0 Å². The molecular weight excluding hydrogens is 644 g/mol. The molecule has 10 aliphatic heterocycles. The monoisotopic (exact) mass is 700 g/mol. The number of fused-ring (bicyclic) bond motifs is 6. The van der Waals surface area contributed by atoms with Gasteiger partial charge in [0.1, 0.15) is 42.4 Å². The molecule has 0 saturated carbocycles. The van der Waals surface area contributed by atoms with Gasteiger partial charge >= 0.3 is 0 Å². The van der Waals surface area contributed by atoms with Gasteiger partial charge in [-0.1, -0.05) is 27.0 Å². The molecule has 0 radical (unpaired) electrons. The van der Waals surface area contributed by atoms with Crippen LogP contribution in [0.3, 0.4) is 0 Å². The van der Waals surface area contributed by atoms with Gasteiger partial charge in [-0.25, -0.2) is 0 Å². The molecule has 10 heterocycles. The number of ether oxygens (including phenoxy) is 8. The van der Waals surface area contributed by atoms with Gasteiger partial charge in [0.15, 0.2) is 5.79 Å². The minimum atomic E-state index is -1.02. The molecule has 0 aliphatic carbocycles. The van der Waals surface area contributed by atoms with Crippen molar-refractivity contribution < 1.29 is 52.9 Å². The fraction of sp³-hybridized carbons (Fsp3) is 0.872. The van der Waals surface area contributed by atoms with Gasteiger partial charge in [0, 0.05) is 32.1 Å². The number of Topliss-reactive ketones (excluding diaryl/α,β-unsaturated/α-hetero) is 1. The quantitative estimate of drug-likeness (QED) is 0.409. The maximum Gasteiger partial charge on any atom is 0.172 e. The highest BCUT2D eigenvalue weighted by atomic mass is 16.8. The molecule has 10 saturated heterocycles. The summed E-state index contributed by atoms with van der Waals surface area (Å²) in [6, 6.07) is 0. The van der Waals surface area contributed by atoms with E-state index in [4.69, 9.17) is 37.9 Å². The highest BCUT2D eigenvalue weighted by molar-refractivity contribution is 5.79. The largest absolute Gasteiger partial charge is 0.394 e. The second kappa shape index (κ2) is 13.2. The van der Waals surface area contributed by atoms with E-state index in [0.29, 0.717) is 25.7 Å². The summed E-state index contributed by atoms with van der Waals surface area (Å²) in [5, 5.41) is 20.6. The van der Waals surface area contributed by atoms with E-state index in [1.165, 1.54) is 0 Å². The number of aliphatic hydroxyl groups excluding tert-OH is 2. The van der Waals surface area contributed by atoms with E-state index in [2.05, 4.69) is 20.1 Å². The smallest absolute Gasteiger partial charge is 0.172 e. The molecular formula is C39H56O11. The molecule has 278 valence electrons. The summed E-state index contributed by atoms with van der Waals surface area (Å²) in [6.07, 6.45) is 4.46. The number of carbonyl (C=O) groups excluding carboxylic acids is 1. The first-order chi connectivity index (χ1) is 24.1. The van der Waals surface area contributed by atoms with E-state index < -0.39 is 24.6 Å². The Kier molecular flexibility index (Phi) is 9.15. The average molecular weight is 701 g/mol. The number of rotatable bonds is 2. The summed E-state index contributed by atoms with van der Waals surface area (Å²) >= 11 is 0. The van der Waals surface area contributed by atoms with Crippen LogP contribution in [0.25, 0.3) is 0 Å². The van der Waals surface area contributed by atoms with Gasteiger partial charge in [0.05, 0.1) is 61.5 Å². The highest BCUT2D eigenvalue weighted by Crippen LogP contribution is 2.54. The van der Waals surface area contributed by atoms with Crippen molar-refractivity contribution in [2.45, 2.75) is 188 Å². The number of aliphatic hydroxyl groups is 2. The third-order valence-corrected chi connectivity index (χ3v) is 13.9.